The van der Waals surface area contributed by atoms with E-state index in [9.17, 15) is 35.6 Å². The molecule has 1 saturated carbocycles. The lowest BCUT2D eigenvalue weighted by Crippen LogP contribution is -2.54. The molecule has 1 saturated heterocycles. The number of sulfone groups is 1. The number of hydrogen-bond acceptors (Lipinski definition) is 5. The summed E-state index contributed by atoms with van der Waals surface area (Å²) in [4.78, 5) is 27.9. The molecule has 0 unspecified atom stereocenters. The van der Waals surface area contributed by atoms with E-state index in [4.69, 9.17) is 0 Å². The van der Waals surface area contributed by atoms with Crippen LogP contribution in [0.4, 0.5) is 17.6 Å². The van der Waals surface area contributed by atoms with E-state index < -0.39 is 51.3 Å². The molecule has 2 aromatic carbocycles. The first kappa shape index (κ1) is 26.5. The number of hydrogen-bond donors (Lipinski definition) is 1. The van der Waals surface area contributed by atoms with Crippen molar-refractivity contribution in [2.45, 2.75) is 36.0 Å². The third-order valence-electron chi connectivity index (χ3n) is 6.26. The van der Waals surface area contributed by atoms with Crippen molar-refractivity contribution in [3.8, 4) is 0 Å². The predicted molar refractivity (Wildman–Crippen MR) is 127 cm³/mol. The molecule has 0 aromatic heterocycles. The van der Waals surface area contributed by atoms with Gasteiger partial charge in [-0.05, 0) is 49.1 Å². The lowest BCUT2D eigenvalue weighted by Gasteiger charge is -2.35. The Bertz CT molecular complexity index is 1280. The predicted octanol–water partition coefficient (Wildman–Crippen LogP) is 4.07. The van der Waals surface area contributed by atoms with Gasteiger partial charge in [-0.3, -0.25) is 9.59 Å². The fraction of sp³-hybridized carbons (Fsp3) is 0.417. The Balaban J connectivity index is 1.56. The van der Waals surface area contributed by atoms with E-state index in [-0.39, 0.29) is 34.2 Å². The molecule has 2 fully saturated rings. The van der Waals surface area contributed by atoms with Gasteiger partial charge < -0.3 is 10.2 Å². The molecule has 1 N–H and O–H groups in total. The SMILES string of the molecule is CS(=O)(=O)c1cccc(C(=O)N2CCSC[C@@H]2C(=O)N[C@@H](c2ccc(C(F)(F)F)cc2F)C2CC2)c1. The molecule has 4 rings (SSSR count). The van der Waals surface area contributed by atoms with Crippen LogP contribution in [0, 0.1) is 11.7 Å². The highest BCUT2D eigenvalue weighted by atomic mass is 32.2. The number of carbonyl (C=O) groups excluding carboxylic acids is 2. The summed E-state index contributed by atoms with van der Waals surface area (Å²) >= 11 is 1.46. The minimum Gasteiger partial charge on any atom is -0.347 e. The lowest BCUT2D eigenvalue weighted by atomic mass is 9.99. The summed E-state index contributed by atoms with van der Waals surface area (Å²) in [5, 5.41) is 2.77. The number of halogens is 4. The smallest absolute Gasteiger partial charge is 0.347 e. The van der Waals surface area contributed by atoms with E-state index in [1.54, 1.807) is 0 Å². The Morgan fingerprint density at radius 3 is 2.47 bits per heavy atom. The van der Waals surface area contributed by atoms with E-state index in [0.717, 1.165) is 18.4 Å². The van der Waals surface area contributed by atoms with Crippen LogP contribution in [0.25, 0.3) is 0 Å². The van der Waals surface area contributed by atoms with Crippen LogP contribution in [0.2, 0.25) is 0 Å². The van der Waals surface area contributed by atoms with Crippen LogP contribution in [-0.4, -0.2) is 55.5 Å². The van der Waals surface area contributed by atoms with E-state index >= 15 is 0 Å². The molecule has 6 nitrogen and oxygen atoms in total. The average Bonchev–Trinajstić information content (AvgIpc) is 3.66. The zero-order chi connectivity index (χ0) is 26.3. The Kier molecular flexibility index (Phi) is 7.38. The second-order valence-electron chi connectivity index (χ2n) is 8.95. The number of carbonyl (C=O) groups is 2. The molecule has 0 spiro atoms. The van der Waals surface area contributed by atoms with Gasteiger partial charge in [0.1, 0.15) is 11.9 Å². The molecule has 2 atom stereocenters. The van der Waals surface area contributed by atoms with Gasteiger partial charge in [-0.2, -0.15) is 24.9 Å². The number of rotatable bonds is 6. The molecule has 2 amide bonds. The Labute approximate surface area is 210 Å². The van der Waals surface area contributed by atoms with Gasteiger partial charge in [0.25, 0.3) is 5.91 Å². The summed E-state index contributed by atoms with van der Waals surface area (Å²) in [5.74, 6) is -1.37. The summed E-state index contributed by atoms with van der Waals surface area (Å²) in [6.07, 6.45) is -2.29. The molecule has 12 heteroatoms. The average molecular weight is 545 g/mol. The minimum absolute atomic E-state index is 0.0210. The van der Waals surface area contributed by atoms with Gasteiger partial charge in [0.2, 0.25) is 5.91 Å². The highest BCUT2D eigenvalue weighted by molar-refractivity contribution is 7.99. The standard InChI is InChI=1S/C24H24F4N2O4S2/c1-36(33,34)17-4-2-3-15(11-17)23(32)30-9-10-35-13-20(30)22(31)29-21(14-5-6-14)18-8-7-16(12-19(18)25)24(26,27)28/h2-4,7-8,11-12,14,20-21H,5-6,9-10,13H2,1H3,(H,29,31)/t20-,21-/m1/s1. The molecule has 0 radical (unpaired) electrons. The largest absolute Gasteiger partial charge is 0.416 e. The van der Waals surface area contributed by atoms with Crippen LogP contribution in [0.15, 0.2) is 47.4 Å². The third kappa shape index (κ3) is 5.86. The molecular formula is C24H24F4N2O4S2. The second kappa shape index (κ2) is 10.0. The zero-order valence-corrected chi connectivity index (χ0v) is 20.9. The topological polar surface area (TPSA) is 83.6 Å². The number of benzene rings is 2. The summed E-state index contributed by atoms with van der Waals surface area (Å²) in [5.41, 5.74) is -1.02. The van der Waals surface area contributed by atoms with Crippen LogP contribution >= 0.6 is 11.8 Å². The molecule has 2 aromatic rings. The summed E-state index contributed by atoms with van der Waals surface area (Å²) in [6, 6.07) is 6.11. The number of nitrogens with one attached hydrogen (secondary N) is 1. The molecule has 194 valence electrons. The van der Waals surface area contributed by atoms with Crippen molar-refractivity contribution >= 4 is 33.4 Å². The van der Waals surface area contributed by atoms with Gasteiger partial charge in [0.05, 0.1) is 16.5 Å². The van der Waals surface area contributed by atoms with Gasteiger partial charge >= 0.3 is 6.18 Å². The summed E-state index contributed by atoms with van der Waals surface area (Å²) < 4.78 is 77.4. The maximum Gasteiger partial charge on any atom is 0.416 e. The van der Waals surface area contributed by atoms with Crippen LogP contribution in [0.5, 0.6) is 0 Å². The van der Waals surface area contributed by atoms with Crippen LogP contribution in [-0.2, 0) is 20.8 Å². The quantitative estimate of drug-likeness (QED) is 0.555. The first-order valence-electron chi connectivity index (χ1n) is 11.2. The Hall–Kier alpha value is -2.60. The molecule has 2 aliphatic rings. The van der Waals surface area contributed by atoms with Gasteiger partial charge in [0.15, 0.2) is 9.84 Å². The highest BCUT2D eigenvalue weighted by Gasteiger charge is 2.40. The highest BCUT2D eigenvalue weighted by Crippen LogP contribution is 2.43. The van der Waals surface area contributed by atoms with Crippen molar-refractivity contribution < 1.29 is 35.6 Å². The lowest BCUT2D eigenvalue weighted by molar-refractivity contribution is -0.137. The van der Waals surface area contributed by atoms with Crippen molar-refractivity contribution in [2.24, 2.45) is 5.92 Å². The zero-order valence-electron chi connectivity index (χ0n) is 19.2. The fourth-order valence-electron chi connectivity index (χ4n) is 4.17. The Morgan fingerprint density at radius 2 is 1.86 bits per heavy atom. The first-order chi connectivity index (χ1) is 16.9. The number of nitrogens with zero attached hydrogens (tertiary/aromatic N) is 1. The maximum atomic E-state index is 14.7. The number of alkyl halides is 3. The molecule has 1 heterocycles. The Morgan fingerprint density at radius 1 is 1.14 bits per heavy atom. The van der Waals surface area contributed by atoms with Gasteiger partial charge in [-0.15, -0.1) is 0 Å². The molecular weight excluding hydrogens is 520 g/mol. The van der Waals surface area contributed by atoms with E-state index in [1.807, 2.05) is 0 Å². The van der Waals surface area contributed by atoms with Crippen LogP contribution in [0.3, 0.4) is 0 Å². The van der Waals surface area contributed by atoms with Crippen molar-refractivity contribution in [1.29, 1.82) is 0 Å². The van der Waals surface area contributed by atoms with Gasteiger partial charge in [-0.1, -0.05) is 12.1 Å². The molecule has 36 heavy (non-hydrogen) atoms. The van der Waals surface area contributed by atoms with Gasteiger partial charge in [0, 0.05) is 35.4 Å². The van der Waals surface area contributed by atoms with Gasteiger partial charge in [-0.25, -0.2) is 12.8 Å². The number of amides is 2. The number of thioether (sulfide) groups is 1. The summed E-state index contributed by atoms with van der Waals surface area (Å²) in [6.45, 7) is 0.243. The molecule has 1 aliphatic heterocycles. The van der Waals surface area contributed by atoms with Crippen molar-refractivity contribution in [2.75, 3.05) is 24.3 Å². The van der Waals surface area contributed by atoms with Crippen LogP contribution < -0.4 is 5.32 Å². The summed E-state index contributed by atoms with van der Waals surface area (Å²) in [7, 11) is -3.55. The second-order valence-corrected chi connectivity index (χ2v) is 12.1. The monoisotopic (exact) mass is 544 g/mol. The van der Waals surface area contributed by atoms with Crippen molar-refractivity contribution in [1.82, 2.24) is 10.2 Å². The third-order valence-corrected chi connectivity index (χ3v) is 8.39. The van der Waals surface area contributed by atoms with E-state index in [2.05, 4.69) is 5.32 Å². The van der Waals surface area contributed by atoms with E-state index in [1.165, 1.54) is 40.9 Å². The van der Waals surface area contributed by atoms with Crippen molar-refractivity contribution in [3.05, 3.63) is 65.0 Å². The molecule has 1 aliphatic carbocycles. The fourth-order valence-corrected chi connectivity index (χ4v) is 5.89. The molecule has 0 bridgehead atoms. The maximum absolute atomic E-state index is 14.7. The minimum atomic E-state index is -4.69. The first-order valence-corrected chi connectivity index (χ1v) is 14.3. The van der Waals surface area contributed by atoms with Crippen LogP contribution in [0.1, 0.15) is 40.4 Å². The normalized spacial score (nSPS) is 19.6. The van der Waals surface area contributed by atoms with Crippen molar-refractivity contribution in [3.63, 3.8) is 0 Å². The van der Waals surface area contributed by atoms with E-state index in [0.29, 0.717) is 24.7 Å².